The fourth-order valence-corrected chi connectivity index (χ4v) is 5.80. The van der Waals surface area contributed by atoms with Crippen LogP contribution >= 0.6 is 11.6 Å². The van der Waals surface area contributed by atoms with Gasteiger partial charge in [0.2, 0.25) is 15.9 Å². The first-order valence-corrected chi connectivity index (χ1v) is 12.0. The van der Waals surface area contributed by atoms with Gasteiger partial charge in [0.25, 0.3) is 0 Å². The summed E-state index contributed by atoms with van der Waals surface area (Å²) in [6, 6.07) is 10.1. The fourth-order valence-electron chi connectivity index (χ4n) is 4.26. The van der Waals surface area contributed by atoms with Crippen LogP contribution in [0.2, 0.25) is 5.02 Å². The van der Waals surface area contributed by atoms with E-state index in [0.29, 0.717) is 37.7 Å². The second-order valence-electron chi connectivity index (χ2n) is 7.84. The van der Waals surface area contributed by atoms with Crippen LogP contribution < -0.4 is 0 Å². The van der Waals surface area contributed by atoms with Crippen molar-refractivity contribution in [2.24, 2.45) is 0 Å². The molecular weight excluding hydrogens is 426 g/mol. The zero-order chi connectivity index (χ0) is 21.2. The topological polar surface area (TPSA) is 71.8 Å². The highest BCUT2D eigenvalue weighted by molar-refractivity contribution is 7.89. The number of carbonyl (C=O) groups excluding carboxylic acids is 1. The van der Waals surface area contributed by atoms with E-state index in [1.54, 1.807) is 17.0 Å². The van der Waals surface area contributed by atoms with Gasteiger partial charge in [-0.25, -0.2) is 8.42 Å². The summed E-state index contributed by atoms with van der Waals surface area (Å²) < 4.78 is 34.8. The van der Waals surface area contributed by atoms with Gasteiger partial charge in [-0.15, -0.1) is 0 Å². The zero-order valence-electron chi connectivity index (χ0n) is 16.7. The predicted octanol–water partition coefficient (Wildman–Crippen LogP) is 2.57. The van der Waals surface area contributed by atoms with E-state index in [4.69, 9.17) is 16.3 Å². The molecule has 1 amide bonds. The Morgan fingerprint density at radius 1 is 1.00 bits per heavy atom. The second kappa shape index (κ2) is 8.70. The van der Waals surface area contributed by atoms with Gasteiger partial charge in [-0.05, 0) is 49.2 Å². The van der Waals surface area contributed by atoms with Gasteiger partial charge in [0, 0.05) is 56.8 Å². The van der Waals surface area contributed by atoms with Gasteiger partial charge in [-0.1, -0.05) is 11.6 Å². The summed E-state index contributed by atoms with van der Waals surface area (Å²) in [5.74, 6) is 0.0640. The third-order valence-electron chi connectivity index (χ3n) is 6.10. The summed E-state index contributed by atoms with van der Waals surface area (Å²) in [5, 5.41) is 0.495. The van der Waals surface area contributed by atoms with Crippen molar-refractivity contribution in [2.75, 3.05) is 39.4 Å². The number of hydrogen-bond donors (Lipinski definition) is 0. The quantitative estimate of drug-likeness (QED) is 0.700. The minimum Gasteiger partial charge on any atom is -0.381 e. The monoisotopic (exact) mass is 451 g/mol. The van der Waals surface area contributed by atoms with E-state index in [-0.39, 0.29) is 29.4 Å². The summed E-state index contributed by atoms with van der Waals surface area (Å²) in [5.41, 5.74) is -0.272. The van der Waals surface area contributed by atoms with Crippen molar-refractivity contribution < 1.29 is 17.9 Å². The van der Waals surface area contributed by atoms with Crippen molar-refractivity contribution in [1.29, 1.82) is 0 Å². The normalized spacial score (nSPS) is 20.2. The van der Waals surface area contributed by atoms with Crippen LogP contribution in [0, 0.1) is 0 Å². The highest BCUT2D eigenvalue weighted by Crippen LogP contribution is 2.34. The number of piperazine rings is 1. The lowest BCUT2D eigenvalue weighted by Crippen LogP contribution is -2.52. The fraction of sp³-hybridized carbons (Fsp3) is 0.476. The molecular formula is C21H26ClN3O4S. The molecule has 1 aromatic carbocycles. The first kappa shape index (κ1) is 21.4. The van der Waals surface area contributed by atoms with Gasteiger partial charge in [0.1, 0.15) is 0 Å². The number of amides is 1. The average Bonchev–Trinajstić information content (AvgIpc) is 3.31. The van der Waals surface area contributed by atoms with E-state index in [2.05, 4.69) is 4.57 Å². The number of sulfonamides is 1. The van der Waals surface area contributed by atoms with Crippen LogP contribution in [0.3, 0.4) is 0 Å². The van der Waals surface area contributed by atoms with Crippen molar-refractivity contribution in [3.8, 4) is 0 Å². The van der Waals surface area contributed by atoms with Crippen LogP contribution in [-0.2, 0) is 25.1 Å². The average molecular weight is 452 g/mol. The molecule has 2 fully saturated rings. The maximum atomic E-state index is 13.1. The molecule has 2 saturated heterocycles. The third-order valence-corrected chi connectivity index (χ3v) is 8.26. The molecule has 4 rings (SSSR count). The van der Waals surface area contributed by atoms with Crippen LogP contribution in [0.4, 0.5) is 0 Å². The van der Waals surface area contributed by atoms with Gasteiger partial charge in [-0.2, -0.15) is 4.31 Å². The number of benzene rings is 1. The van der Waals surface area contributed by atoms with Crippen LogP contribution in [-0.4, -0.2) is 67.5 Å². The molecule has 1 aromatic heterocycles. The predicted molar refractivity (Wildman–Crippen MR) is 114 cm³/mol. The van der Waals surface area contributed by atoms with Crippen LogP contribution in [0.25, 0.3) is 0 Å². The summed E-state index contributed by atoms with van der Waals surface area (Å²) in [6.07, 6.45) is 6.00. The van der Waals surface area contributed by atoms with E-state index in [1.165, 1.54) is 16.4 Å². The Kier molecular flexibility index (Phi) is 6.20. The molecule has 3 heterocycles. The first-order valence-electron chi connectivity index (χ1n) is 10.2. The molecule has 0 spiro atoms. The molecule has 0 saturated carbocycles. The van der Waals surface area contributed by atoms with Gasteiger partial charge < -0.3 is 14.2 Å². The van der Waals surface area contributed by atoms with Gasteiger partial charge in [0.05, 0.1) is 16.9 Å². The van der Waals surface area contributed by atoms with Crippen LogP contribution in [0.15, 0.2) is 53.7 Å². The molecule has 30 heavy (non-hydrogen) atoms. The summed E-state index contributed by atoms with van der Waals surface area (Å²) in [6.45, 7) is 2.64. The summed E-state index contributed by atoms with van der Waals surface area (Å²) >= 11 is 5.87. The van der Waals surface area contributed by atoms with Crippen molar-refractivity contribution in [3.05, 3.63) is 53.8 Å². The maximum absolute atomic E-state index is 13.1. The number of rotatable bonds is 5. The smallest absolute Gasteiger partial charge is 0.243 e. The third kappa shape index (κ3) is 4.27. The molecule has 2 aliphatic rings. The Bertz CT molecular complexity index is 962. The van der Waals surface area contributed by atoms with Gasteiger partial charge in [-0.3, -0.25) is 4.79 Å². The Morgan fingerprint density at radius 3 is 2.20 bits per heavy atom. The minimum absolute atomic E-state index is 0.0640. The minimum atomic E-state index is -3.59. The number of nitrogens with zero attached hydrogens (tertiary/aromatic N) is 3. The molecule has 7 nitrogen and oxygen atoms in total. The highest BCUT2D eigenvalue weighted by atomic mass is 35.5. The van der Waals surface area contributed by atoms with E-state index in [9.17, 15) is 13.2 Å². The summed E-state index contributed by atoms with van der Waals surface area (Å²) in [7, 11) is -3.59. The maximum Gasteiger partial charge on any atom is 0.243 e. The molecule has 9 heteroatoms. The molecule has 0 N–H and O–H groups in total. The van der Waals surface area contributed by atoms with Crippen molar-refractivity contribution in [1.82, 2.24) is 13.8 Å². The molecule has 0 atom stereocenters. The number of ether oxygens (including phenoxy) is 1. The van der Waals surface area contributed by atoms with Crippen LogP contribution in [0.5, 0.6) is 0 Å². The van der Waals surface area contributed by atoms with Gasteiger partial charge >= 0.3 is 0 Å². The largest absolute Gasteiger partial charge is 0.381 e. The standard InChI is InChI=1S/C21H26ClN3O4S/c22-18-3-5-19(6-4-18)30(27,28)25-13-11-23(12-14-25)20(26)17-21(7-15-29-16-8-21)24-9-1-2-10-24/h1-6,9-10H,7-8,11-17H2. The zero-order valence-corrected chi connectivity index (χ0v) is 18.3. The number of hydrogen-bond acceptors (Lipinski definition) is 4. The van der Waals surface area contributed by atoms with Gasteiger partial charge in [0.15, 0.2) is 0 Å². The van der Waals surface area contributed by atoms with Crippen molar-refractivity contribution in [2.45, 2.75) is 29.7 Å². The Hall–Kier alpha value is -1.87. The number of aromatic nitrogens is 1. The second-order valence-corrected chi connectivity index (χ2v) is 10.2. The van der Waals surface area contributed by atoms with E-state index >= 15 is 0 Å². The van der Waals surface area contributed by atoms with Crippen LogP contribution in [0.1, 0.15) is 19.3 Å². The molecule has 162 valence electrons. The SMILES string of the molecule is O=C(CC1(n2cccc2)CCOCC1)N1CCN(S(=O)(=O)c2ccc(Cl)cc2)CC1. The van der Waals surface area contributed by atoms with E-state index in [0.717, 1.165) is 12.8 Å². The molecule has 0 aliphatic carbocycles. The molecule has 0 bridgehead atoms. The molecule has 0 unspecified atom stereocenters. The summed E-state index contributed by atoms with van der Waals surface area (Å²) in [4.78, 5) is 15.1. The number of carbonyl (C=O) groups is 1. The Morgan fingerprint density at radius 2 is 1.60 bits per heavy atom. The first-order chi connectivity index (χ1) is 14.4. The van der Waals surface area contributed by atoms with E-state index in [1.807, 2.05) is 24.5 Å². The lowest BCUT2D eigenvalue weighted by atomic mass is 9.85. The van der Waals surface area contributed by atoms with E-state index < -0.39 is 10.0 Å². The molecule has 0 radical (unpaired) electrons. The molecule has 2 aromatic rings. The highest BCUT2D eigenvalue weighted by Gasteiger charge is 2.38. The number of halogens is 1. The lowest BCUT2D eigenvalue weighted by Gasteiger charge is -2.41. The molecule has 2 aliphatic heterocycles. The van der Waals surface area contributed by atoms with Crippen molar-refractivity contribution in [3.63, 3.8) is 0 Å². The Balaban J connectivity index is 1.41. The lowest BCUT2D eigenvalue weighted by molar-refractivity contribution is -0.136. The van der Waals surface area contributed by atoms with Crippen molar-refractivity contribution >= 4 is 27.5 Å². The Labute approximate surface area is 182 Å².